The number of anilines is 3. The number of aromatic amines is 1. The van der Waals surface area contributed by atoms with Crippen LogP contribution < -0.4 is 10.2 Å². The van der Waals surface area contributed by atoms with Crippen molar-refractivity contribution in [3.05, 3.63) is 48.9 Å². The first kappa shape index (κ1) is 15.4. The zero-order valence-corrected chi connectivity index (χ0v) is 14.6. The van der Waals surface area contributed by atoms with Gasteiger partial charge in [-0.25, -0.2) is 4.98 Å². The zero-order valence-electron chi connectivity index (χ0n) is 14.6. The molecule has 0 saturated carbocycles. The molecule has 0 aliphatic carbocycles. The van der Waals surface area contributed by atoms with Gasteiger partial charge in [0.15, 0.2) is 0 Å². The van der Waals surface area contributed by atoms with Crippen molar-refractivity contribution in [2.24, 2.45) is 0 Å². The summed E-state index contributed by atoms with van der Waals surface area (Å²) in [5.41, 5.74) is 3.24. The van der Waals surface area contributed by atoms with Crippen LogP contribution in [0.2, 0.25) is 0 Å². The number of piperidine rings is 1. The van der Waals surface area contributed by atoms with E-state index in [1.807, 2.05) is 24.7 Å². The van der Waals surface area contributed by atoms with Crippen molar-refractivity contribution in [3.63, 3.8) is 0 Å². The van der Waals surface area contributed by atoms with Gasteiger partial charge in [-0.15, -0.1) is 0 Å². The van der Waals surface area contributed by atoms with E-state index in [9.17, 15) is 0 Å². The van der Waals surface area contributed by atoms with E-state index in [0.717, 1.165) is 28.6 Å². The molecule has 2 fully saturated rings. The van der Waals surface area contributed by atoms with Crippen LogP contribution in [0.25, 0.3) is 11.1 Å². The average Bonchev–Trinajstić information content (AvgIpc) is 3.29. The molecule has 2 bridgehead atoms. The second-order valence-corrected chi connectivity index (χ2v) is 7.15. The molecular weight excluding hydrogens is 324 g/mol. The van der Waals surface area contributed by atoms with E-state index in [2.05, 4.69) is 49.7 Å². The Morgan fingerprint density at radius 2 is 1.77 bits per heavy atom. The van der Waals surface area contributed by atoms with Gasteiger partial charge < -0.3 is 10.2 Å². The molecule has 2 saturated heterocycles. The SMILES string of the molecule is c1cc(Nc2ccc(-c3cn[nH]c3)cc2)nc(N2C3CCCC2CC3)n1. The Labute approximate surface area is 152 Å². The highest BCUT2D eigenvalue weighted by Crippen LogP contribution is 2.37. The summed E-state index contributed by atoms with van der Waals surface area (Å²) in [6.45, 7) is 0. The fraction of sp³-hybridized carbons (Fsp3) is 0.350. The van der Waals surface area contributed by atoms with Crippen LogP contribution in [0.3, 0.4) is 0 Å². The van der Waals surface area contributed by atoms with Crippen molar-refractivity contribution in [2.45, 2.75) is 44.2 Å². The fourth-order valence-corrected chi connectivity index (χ4v) is 4.29. The van der Waals surface area contributed by atoms with Crippen molar-refractivity contribution in [1.29, 1.82) is 0 Å². The van der Waals surface area contributed by atoms with Crippen molar-refractivity contribution in [1.82, 2.24) is 20.2 Å². The number of nitrogens with zero attached hydrogens (tertiary/aromatic N) is 4. The third kappa shape index (κ3) is 2.81. The molecule has 0 amide bonds. The molecule has 2 atom stereocenters. The van der Waals surface area contributed by atoms with Crippen molar-refractivity contribution in [3.8, 4) is 11.1 Å². The summed E-state index contributed by atoms with van der Waals surface area (Å²) in [7, 11) is 0. The lowest BCUT2D eigenvalue weighted by molar-refractivity contribution is 0.460. The molecule has 2 aliphatic heterocycles. The summed E-state index contributed by atoms with van der Waals surface area (Å²) in [5.74, 6) is 1.72. The van der Waals surface area contributed by atoms with Crippen LogP contribution in [0, 0.1) is 0 Å². The highest BCUT2D eigenvalue weighted by molar-refractivity contribution is 5.66. The third-order valence-corrected chi connectivity index (χ3v) is 5.56. The molecule has 4 heterocycles. The minimum absolute atomic E-state index is 0.623. The molecule has 0 radical (unpaired) electrons. The van der Waals surface area contributed by atoms with Crippen LogP contribution in [0.15, 0.2) is 48.9 Å². The molecule has 1 aromatic carbocycles. The van der Waals surface area contributed by atoms with E-state index in [4.69, 9.17) is 4.98 Å². The van der Waals surface area contributed by atoms with Gasteiger partial charge in [0, 0.05) is 35.7 Å². The Morgan fingerprint density at radius 3 is 2.50 bits per heavy atom. The maximum Gasteiger partial charge on any atom is 0.227 e. The van der Waals surface area contributed by atoms with E-state index in [-0.39, 0.29) is 0 Å². The molecule has 5 rings (SSSR count). The van der Waals surface area contributed by atoms with E-state index in [1.165, 1.54) is 32.1 Å². The minimum Gasteiger partial charge on any atom is -0.340 e. The summed E-state index contributed by atoms with van der Waals surface area (Å²) in [6, 6.07) is 11.5. The largest absolute Gasteiger partial charge is 0.340 e. The van der Waals surface area contributed by atoms with Gasteiger partial charge >= 0.3 is 0 Å². The number of hydrogen-bond donors (Lipinski definition) is 2. The fourth-order valence-electron chi connectivity index (χ4n) is 4.29. The smallest absolute Gasteiger partial charge is 0.227 e. The van der Waals surface area contributed by atoms with Crippen LogP contribution in [-0.2, 0) is 0 Å². The average molecular weight is 346 g/mol. The van der Waals surface area contributed by atoms with Gasteiger partial charge in [-0.3, -0.25) is 5.10 Å². The van der Waals surface area contributed by atoms with Gasteiger partial charge in [0.2, 0.25) is 5.95 Å². The van der Waals surface area contributed by atoms with Crippen LogP contribution in [-0.4, -0.2) is 32.2 Å². The second kappa shape index (κ2) is 6.44. The monoisotopic (exact) mass is 346 g/mol. The summed E-state index contributed by atoms with van der Waals surface area (Å²) >= 11 is 0. The van der Waals surface area contributed by atoms with E-state index in [0.29, 0.717) is 12.1 Å². The van der Waals surface area contributed by atoms with Crippen molar-refractivity contribution in [2.75, 3.05) is 10.2 Å². The topological polar surface area (TPSA) is 69.7 Å². The van der Waals surface area contributed by atoms with Gasteiger partial charge in [-0.1, -0.05) is 12.1 Å². The first-order valence-electron chi connectivity index (χ1n) is 9.34. The number of rotatable bonds is 4. The standard InChI is InChI=1S/C20H22N6/c1-2-17-8-9-18(3-1)26(17)20-21-11-10-19(25-20)24-16-6-4-14(5-7-16)15-12-22-23-13-15/h4-7,10-13,17-18H,1-3,8-9H2,(H,22,23)(H,21,24,25). The molecule has 6 nitrogen and oxygen atoms in total. The van der Waals surface area contributed by atoms with Crippen LogP contribution in [0.1, 0.15) is 32.1 Å². The summed E-state index contributed by atoms with van der Waals surface area (Å²) < 4.78 is 0. The van der Waals surface area contributed by atoms with E-state index in [1.54, 1.807) is 0 Å². The molecule has 2 aromatic heterocycles. The number of H-pyrrole nitrogens is 1. The highest BCUT2D eigenvalue weighted by Gasteiger charge is 2.37. The Hall–Kier alpha value is -2.89. The van der Waals surface area contributed by atoms with Gasteiger partial charge in [0.05, 0.1) is 6.20 Å². The number of benzene rings is 1. The maximum atomic E-state index is 4.79. The van der Waals surface area contributed by atoms with E-state index < -0.39 is 0 Å². The molecule has 26 heavy (non-hydrogen) atoms. The summed E-state index contributed by atoms with van der Waals surface area (Å²) in [6.07, 6.45) is 12.0. The summed E-state index contributed by atoms with van der Waals surface area (Å²) in [5, 5.41) is 10.2. The molecular formula is C20H22N6. The molecule has 6 heteroatoms. The Balaban J connectivity index is 1.35. The van der Waals surface area contributed by atoms with E-state index >= 15 is 0 Å². The lowest BCUT2D eigenvalue weighted by atomic mass is 10.0. The second-order valence-electron chi connectivity index (χ2n) is 7.15. The lowest BCUT2D eigenvalue weighted by Crippen LogP contribution is -2.40. The normalized spacial score (nSPS) is 21.8. The summed E-state index contributed by atoms with van der Waals surface area (Å²) in [4.78, 5) is 11.8. The van der Waals surface area contributed by atoms with Gasteiger partial charge in [0.25, 0.3) is 0 Å². The van der Waals surface area contributed by atoms with Crippen LogP contribution in [0.5, 0.6) is 0 Å². The van der Waals surface area contributed by atoms with Crippen molar-refractivity contribution >= 4 is 17.5 Å². The maximum absolute atomic E-state index is 4.79. The minimum atomic E-state index is 0.623. The number of aromatic nitrogens is 4. The van der Waals surface area contributed by atoms with Crippen LogP contribution >= 0.6 is 0 Å². The number of nitrogens with one attached hydrogen (secondary N) is 2. The van der Waals surface area contributed by atoms with Gasteiger partial charge in [-0.05, 0) is 55.9 Å². The molecule has 0 spiro atoms. The quantitative estimate of drug-likeness (QED) is 0.743. The van der Waals surface area contributed by atoms with Gasteiger partial charge in [0.1, 0.15) is 5.82 Å². The van der Waals surface area contributed by atoms with Crippen molar-refractivity contribution < 1.29 is 0 Å². The zero-order chi connectivity index (χ0) is 17.3. The predicted octanol–water partition coefficient (Wildman–Crippen LogP) is 4.13. The molecule has 2 unspecified atom stereocenters. The number of hydrogen-bond acceptors (Lipinski definition) is 5. The van der Waals surface area contributed by atoms with Crippen LogP contribution in [0.4, 0.5) is 17.5 Å². The molecule has 2 N–H and O–H groups in total. The Bertz CT molecular complexity index is 858. The highest BCUT2D eigenvalue weighted by atomic mass is 15.3. The third-order valence-electron chi connectivity index (χ3n) is 5.56. The van der Waals surface area contributed by atoms with Gasteiger partial charge in [-0.2, -0.15) is 10.1 Å². The first-order valence-corrected chi connectivity index (χ1v) is 9.34. The predicted molar refractivity (Wildman–Crippen MR) is 102 cm³/mol. The Morgan fingerprint density at radius 1 is 0.962 bits per heavy atom. The number of fused-ring (bicyclic) bond motifs is 2. The lowest BCUT2D eigenvalue weighted by Gasteiger charge is -2.34. The molecule has 2 aliphatic rings. The Kier molecular flexibility index (Phi) is 3.81. The first-order chi connectivity index (χ1) is 12.9. The molecule has 3 aromatic rings. The molecule has 132 valence electrons.